The van der Waals surface area contributed by atoms with E-state index in [1.54, 1.807) is 31.2 Å². The Labute approximate surface area is 162 Å². The summed E-state index contributed by atoms with van der Waals surface area (Å²) in [6, 6.07) is 8.73. The number of methoxy groups -OCH3 is 1. The maximum Gasteiger partial charge on any atom is 0.341 e. The highest BCUT2D eigenvalue weighted by molar-refractivity contribution is 7.18. The zero-order valence-electron chi connectivity index (χ0n) is 15.4. The Hall–Kier alpha value is -2.67. The number of carbonyl (C=O) groups excluding carboxylic acids is 3. The normalized spacial score (nSPS) is 13.9. The van der Waals surface area contributed by atoms with E-state index in [1.807, 2.05) is 11.0 Å². The van der Waals surface area contributed by atoms with E-state index in [1.165, 1.54) is 7.11 Å². The van der Waals surface area contributed by atoms with Crippen molar-refractivity contribution in [2.45, 2.75) is 26.2 Å². The van der Waals surface area contributed by atoms with Gasteiger partial charge in [-0.05, 0) is 43.9 Å². The molecule has 142 valence electrons. The number of anilines is 1. The van der Waals surface area contributed by atoms with Crippen molar-refractivity contribution in [1.29, 1.82) is 0 Å². The summed E-state index contributed by atoms with van der Waals surface area (Å²) >= 11 is 1.13. The maximum atomic E-state index is 12.9. The lowest BCUT2D eigenvalue weighted by Gasteiger charge is -2.26. The highest BCUT2D eigenvalue weighted by Crippen LogP contribution is 2.35. The number of benzene rings is 1. The molecule has 1 aliphatic heterocycles. The van der Waals surface area contributed by atoms with Crippen molar-refractivity contribution in [3.63, 3.8) is 0 Å². The largest absolute Gasteiger partial charge is 0.465 e. The minimum Gasteiger partial charge on any atom is -0.465 e. The molecule has 6 nitrogen and oxygen atoms in total. The fraction of sp³-hybridized carbons (Fsp3) is 0.350. The molecule has 1 aromatic carbocycles. The summed E-state index contributed by atoms with van der Waals surface area (Å²) in [5, 5.41) is 3.11. The SMILES string of the molecule is COC(=O)c1c(NC(=O)c2ccccc2)sc(C(=O)N2CCCCC2)c1C. The molecule has 0 spiro atoms. The Morgan fingerprint density at radius 1 is 1.07 bits per heavy atom. The number of carbonyl (C=O) groups is 3. The van der Waals surface area contributed by atoms with Crippen molar-refractivity contribution in [3.05, 3.63) is 51.9 Å². The maximum absolute atomic E-state index is 12.9. The first kappa shape index (κ1) is 19.1. The molecular formula is C20H22N2O4S. The van der Waals surface area contributed by atoms with Crippen molar-refractivity contribution >= 4 is 34.1 Å². The molecule has 1 aromatic heterocycles. The third-order valence-electron chi connectivity index (χ3n) is 4.64. The summed E-state index contributed by atoms with van der Waals surface area (Å²) in [5.74, 6) is -0.994. The quantitative estimate of drug-likeness (QED) is 0.813. The summed E-state index contributed by atoms with van der Waals surface area (Å²) in [6.45, 7) is 3.16. The van der Waals surface area contributed by atoms with Crippen LogP contribution in [0, 0.1) is 6.92 Å². The molecule has 27 heavy (non-hydrogen) atoms. The van der Waals surface area contributed by atoms with Gasteiger partial charge in [-0.1, -0.05) is 18.2 Å². The first-order chi connectivity index (χ1) is 13.0. The van der Waals surface area contributed by atoms with Gasteiger partial charge < -0.3 is 15.0 Å². The van der Waals surface area contributed by atoms with Crippen LogP contribution in [0.3, 0.4) is 0 Å². The van der Waals surface area contributed by atoms with Gasteiger partial charge in [0.25, 0.3) is 11.8 Å². The van der Waals surface area contributed by atoms with E-state index in [2.05, 4.69) is 5.32 Å². The van der Waals surface area contributed by atoms with Crippen LogP contribution in [0.4, 0.5) is 5.00 Å². The third-order valence-corrected chi connectivity index (χ3v) is 5.83. The molecule has 1 fully saturated rings. The lowest BCUT2D eigenvalue weighted by Crippen LogP contribution is -2.35. The van der Waals surface area contributed by atoms with Crippen molar-refractivity contribution in [1.82, 2.24) is 4.90 Å². The number of ether oxygens (including phenoxy) is 1. The molecule has 1 saturated heterocycles. The number of hydrogen-bond donors (Lipinski definition) is 1. The van der Waals surface area contributed by atoms with E-state index in [0.29, 0.717) is 21.0 Å². The number of thiophene rings is 1. The van der Waals surface area contributed by atoms with Crippen molar-refractivity contribution in [2.24, 2.45) is 0 Å². The second kappa shape index (κ2) is 8.35. The molecule has 0 radical (unpaired) electrons. The molecule has 0 bridgehead atoms. The molecule has 1 N–H and O–H groups in total. The summed E-state index contributed by atoms with van der Waals surface area (Å²) in [4.78, 5) is 40.0. The number of nitrogens with zero attached hydrogens (tertiary/aromatic N) is 1. The van der Waals surface area contributed by atoms with E-state index in [4.69, 9.17) is 4.74 Å². The first-order valence-electron chi connectivity index (χ1n) is 8.90. The monoisotopic (exact) mass is 386 g/mol. The van der Waals surface area contributed by atoms with Gasteiger partial charge in [0.2, 0.25) is 0 Å². The van der Waals surface area contributed by atoms with Gasteiger partial charge in [0, 0.05) is 18.7 Å². The average Bonchev–Trinajstić information content (AvgIpc) is 3.04. The summed E-state index contributed by atoms with van der Waals surface area (Å²) in [7, 11) is 1.29. The molecule has 2 amide bonds. The topological polar surface area (TPSA) is 75.7 Å². The molecule has 0 unspecified atom stereocenters. The third kappa shape index (κ3) is 4.03. The minimum atomic E-state index is -0.565. The Morgan fingerprint density at radius 3 is 2.37 bits per heavy atom. The molecule has 2 heterocycles. The van der Waals surface area contributed by atoms with Crippen LogP contribution in [-0.2, 0) is 4.74 Å². The number of piperidine rings is 1. The molecule has 1 aliphatic rings. The second-order valence-electron chi connectivity index (χ2n) is 6.42. The number of hydrogen-bond acceptors (Lipinski definition) is 5. The molecule has 3 rings (SSSR count). The Morgan fingerprint density at radius 2 is 1.74 bits per heavy atom. The fourth-order valence-corrected chi connectivity index (χ4v) is 4.32. The summed E-state index contributed by atoms with van der Waals surface area (Å²) in [6.07, 6.45) is 3.09. The van der Waals surface area contributed by atoms with Crippen LogP contribution in [0.1, 0.15) is 55.2 Å². The molecule has 2 aromatic rings. The van der Waals surface area contributed by atoms with E-state index in [-0.39, 0.29) is 17.4 Å². The van der Waals surface area contributed by atoms with Crippen LogP contribution < -0.4 is 5.32 Å². The van der Waals surface area contributed by atoms with Gasteiger partial charge in [0.1, 0.15) is 5.00 Å². The van der Waals surface area contributed by atoms with E-state index < -0.39 is 5.97 Å². The summed E-state index contributed by atoms with van der Waals surface area (Å²) < 4.78 is 4.88. The molecule has 7 heteroatoms. The Kier molecular flexibility index (Phi) is 5.91. The van der Waals surface area contributed by atoms with Gasteiger partial charge in [-0.3, -0.25) is 9.59 Å². The molecular weight excluding hydrogens is 364 g/mol. The molecule has 0 atom stereocenters. The van der Waals surface area contributed by atoms with Crippen molar-refractivity contribution in [2.75, 3.05) is 25.5 Å². The highest BCUT2D eigenvalue weighted by atomic mass is 32.1. The number of likely N-dealkylation sites (tertiary alicyclic amines) is 1. The predicted octanol–water partition coefficient (Wildman–Crippen LogP) is 3.72. The van der Waals surface area contributed by atoms with Gasteiger partial charge in [-0.2, -0.15) is 0 Å². The molecule has 0 saturated carbocycles. The van der Waals surface area contributed by atoms with Crippen LogP contribution in [0.25, 0.3) is 0 Å². The van der Waals surface area contributed by atoms with Gasteiger partial charge in [0.15, 0.2) is 0 Å². The van der Waals surface area contributed by atoms with Crippen LogP contribution in [-0.4, -0.2) is 42.9 Å². The number of nitrogens with one attached hydrogen (secondary N) is 1. The Balaban J connectivity index is 1.93. The van der Waals surface area contributed by atoms with Crippen molar-refractivity contribution in [3.8, 4) is 0 Å². The fourth-order valence-electron chi connectivity index (χ4n) is 3.16. The van der Waals surface area contributed by atoms with Gasteiger partial charge in [-0.15, -0.1) is 11.3 Å². The Bertz CT molecular complexity index is 854. The lowest BCUT2D eigenvalue weighted by atomic mass is 10.1. The number of esters is 1. The lowest BCUT2D eigenvalue weighted by molar-refractivity contribution is 0.0601. The number of amides is 2. The van der Waals surface area contributed by atoms with Gasteiger partial charge in [-0.25, -0.2) is 4.79 Å². The van der Waals surface area contributed by atoms with Gasteiger partial charge in [0.05, 0.1) is 17.6 Å². The van der Waals surface area contributed by atoms with Crippen LogP contribution in [0.2, 0.25) is 0 Å². The van der Waals surface area contributed by atoms with E-state index >= 15 is 0 Å². The highest BCUT2D eigenvalue weighted by Gasteiger charge is 2.29. The van der Waals surface area contributed by atoms with E-state index in [9.17, 15) is 14.4 Å². The zero-order chi connectivity index (χ0) is 19.4. The smallest absolute Gasteiger partial charge is 0.341 e. The van der Waals surface area contributed by atoms with Crippen LogP contribution in [0.5, 0.6) is 0 Å². The predicted molar refractivity (Wildman–Crippen MR) is 105 cm³/mol. The van der Waals surface area contributed by atoms with Crippen LogP contribution >= 0.6 is 11.3 Å². The second-order valence-corrected chi connectivity index (χ2v) is 7.45. The average molecular weight is 386 g/mol. The molecule has 0 aliphatic carbocycles. The van der Waals surface area contributed by atoms with Crippen molar-refractivity contribution < 1.29 is 19.1 Å². The number of rotatable bonds is 4. The summed E-state index contributed by atoms with van der Waals surface area (Å²) in [5.41, 5.74) is 1.27. The standard InChI is InChI=1S/C20H22N2O4S/c1-13-15(20(25)26-2)18(21-17(23)14-9-5-3-6-10-14)27-16(13)19(24)22-11-7-4-8-12-22/h3,5-6,9-10H,4,7-8,11-12H2,1-2H3,(H,21,23). The minimum absolute atomic E-state index is 0.0948. The first-order valence-corrected chi connectivity index (χ1v) is 9.72. The zero-order valence-corrected chi connectivity index (χ0v) is 16.2. The van der Waals surface area contributed by atoms with E-state index in [0.717, 1.165) is 43.7 Å². The van der Waals surface area contributed by atoms with Gasteiger partial charge >= 0.3 is 5.97 Å². The van der Waals surface area contributed by atoms with Crippen LogP contribution in [0.15, 0.2) is 30.3 Å².